The lowest BCUT2D eigenvalue weighted by atomic mass is 9.90. The highest BCUT2D eigenvalue weighted by atomic mass is 35.5. The smallest absolute Gasteiger partial charge is 0.337 e. The van der Waals surface area contributed by atoms with Crippen LogP contribution in [0.5, 0.6) is 0 Å². The van der Waals surface area contributed by atoms with E-state index in [1.165, 1.54) is 6.07 Å². The van der Waals surface area contributed by atoms with Crippen molar-refractivity contribution in [2.24, 2.45) is 0 Å². The fourth-order valence-corrected chi connectivity index (χ4v) is 2.69. The number of carboxylic acid groups (broad SMARTS) is 1. The van der Waals surface area contributed by atoms with Gasteiger partial charge in [-0.15, -0.1) is 0 Å². The van der Waals surface area contributed by atoms with Gasteiger partial charge >= 0.3 is 5.97 Å². The third-order valence-corrected chi connectivity index (χ3v) is 3.75. The minimum absolute atomic E-state index is 0.0454. The minimum atomic E-state index is -1.06. The molecule has 4 N–H and O–H groups in total. The van der Waals surface area contributed by atoms with Crippen LogP contribution < -0.4 is 10.6 Å². The van der Waals surface area contributed by atoms with Gasteiger partial charge in [-0.1, -0.05) is 11.6 Å². The molecule has 1 aromatic rings. The molecule has 1 aliphatic rings. The first-order chi connectivity index (χ1) is 9.04. The molecule has 5 nitrogen and oxygen atoms in total. The van der Waals surface area contributed by atoms with Gasteiger partial charge in [0.2, 0.25) is 0 Å². The SMILES string of the molecule is Nc1cc(Cl)c(N(CCO)C2CCC2)c(C(=O)O)c1. The second kappa shape index (κ2) is 5.67. The summed E-state index contributed by atoms with van der Waals surface area (Å²) in [5.74, 6) is -1.06. The van der Waals surface area contributed by atoms with Crippen molar-refractivity contribution in [3.05, 3.63) is 22.7 Å². The summed E-state index contributed by atoms with van der Waals surface area (Å²) in [6.45, 7) is 0.324. The number of halogens is 1. The van der Waals surface area contributed by atoms with E-state index in [1.54, 1.807) is 6.07 Å². The number of carboxylic acids is 1. The summed E-state index contributed by atoms with van der Waals surface area (Å²) in [7, 11) is 0. The summed E-state index contributed by atoms with van der Waals surface area (Å²) in [6, 6.07) is 3.20. The lowest BCUT2D eigenvalue weighted by Crippen LogP contribution is -2.42. The Hall–Kier alpha value is -1.46. The van der Waals surface area contributed by atoms with E-state index in [2.05, 4.69) is 0 Å². The molecule has 1 saturated carbocycles. The van der Waals surface area contributed by atoms with Crippen LogP contribution in [0.15, 0.2) is 12.1 Å². The van der Waals surface area contributed by atoms with Crippen molar-refractivity contribution in [1.82, 2.24) is 0 Å². The molecule has 2 rings (SSSR count). The van der Waals surface area contributed by atoms with Gasteiger partial charge in [-0.25, -0.2) is 4.79 Å². The van der Waals surface area contributed by atoms with E-state index in [4.69, 9.17) is 17.3 Å². The number of aliphatic hydroxyl groups is 1. The standard InChI is InChI=1S/C13H17ClN2O3/c14-11-7-8(15)6-10(13(18)19)12(11)16(4-5-17)9-2-1-3-9/h6-7,9,17H,1-5,15H2,(H,18,19). The van der Waals surface area contributed by atoms with Crippen LogP contribution in [0.25, 0.3) is 0 Å². The number of nitrogens with two attached hydrogens (primary N) is 1. The third-order valence-electron chi connectivity index (χ3n) is 3.46. The maximum absolute atomic E-state index is 11.4. The maximum atomic E-state index is 11.4. The molecule has 0 bridgehead atoms. The van der Waals surface area contributed by atoms with Crippen LogP contribution in [0.1, 0.15) is 29.6 Å². The number of nitrogen functional groups attached to an aromatic ring is 1. The number of aromatic carboxylic acids is 1. The molecule has 0 atom stereocenters. The molecule has 104 valence electrons. The van der Waals surface area contributed by atoms with E-state index >= 15 is 0 Å². The highest BCUT2D eigenvalue weighted by Gasteiger charge is 2.29. The molecule has 6 heteroatoms. The van der Waals surface area contributed by atoms with E-state index in [0.29, 0.717) is 22.9 Å². The van der Waals surface area contributed by atoms with Crippen molar-refractivity contribution < 1.29 is 15.0 Å². The maximum Gasteiger partial charge on any atom is 0.337 e. The summed E-state index contributed by atoms with van der Waals surface area (Å²) in [6.07, 6.45) is 3.08. The van der Waals surface area contributed by atoms with E-state index in [9.17, 15) is 15.0 Å². The molecule has 0 unspecified atom stereocenters. The van der Waals surface area contributed by atoms with Crippen molar-refractivity contribution in [3.63, 3.8) is 0 Å². The Labute approximate surface area is 116 Å². The zero-order chi connectivity index (χ0) is 14.0. The van der Waals surface area contributed by atoms with Gasteiger partial charge in [0, 0.05) is 18.3 Å². The number of aliphatic hydroxyl groups excluding tert-OH is 1. The first-order valence-electron chi connectivity index (χ1n) is 6.24. The molecular formula is C13H17ClN2O3. The molecule has 0 heterocycles. The monoisotopic (exact) mass is 284 g/mol. The van der Waals surface area contributed by atoms with Crippen LogP contribution in [0.3, 0.4) is 0 Å². The first kappa shape index (κ1) is 14.0. The number of hydrogen-bond donors (Lipinski definition) is 3. The molecule has 19 heavy (non-hydrogen) atoms. The quantitative estimate of drug-likeness (QED) is 0.720. The van der Waals surface area contributed by atoms with Crippen LogP contribution in [0, 0.1) is 0 Å². The van der Waals surface area contributed by atoms with Gasteiger partial charge < -0.3 is 20.8 Å². The van der Waals surface area contributed by atoms with Crippen molar-refractivity contribution >= 4 is 28.9 Å². The summed E-state index contributed by atoms with van der Waals surface area (Å²) < 4.78 is 0. The average Bonchev–Trinajstić information content (AvgIpc) is 2.25. The largest absolute Gasteiger partial charge is 0.478 e. The summed E-state index contributed by atoms with van der Waals surface area (Å²) in [5, 5.41) is 18.8. The van der Waals surface area contributed by atoms with Gasteiger partial charge in [0.1, 0.15) is 0 Å². The predicted octanol–water partition coefficient (Wildman–Crippen LogP) is 1.97. The number of rotatable bonds is 5. The van der Waals surface area contributed by atoms with Crippen molar-refractivity contribution in [3.8, 4) is 0 Å². The van der Waals surface area contributed by atoms with E-state index in [1.807, 2.05) is 4.90 Å². The molecule has 1 aromatic carbocycles. The Morgan fingerprint density at radius 1 is 1.47 bits per heavy atom. The van der Waals surface area contributed by atoms with Gasteiger partial charge in [0.25, 0.3) is 0 Å². The lowest BCUT2D eigenvalue weighted by molar-refractivity contribution is 0.0697. The van der Waals surface area contributed by atoms with E-state index in [-0.39, 0.29) is 18.2 Å². The number of nitrogens with zero attached hydrogens (tertiary/aromatic N) is 1. The molecule has 1 aliphatic carbocycles. The zero-order valence-corrected chi connectivity index (χ0v) is 11.2. The van der Waals surface area contributed by atoms with Crippen molar-refractivity contribution in [1.29, 1.82) is 0 Å². The molecule has 1 fully saturated rings. The Bertz CT molecular complexity index is 489. The zero-order valence-electron chi connectivity index (χ0n) is 10.5. The van der Waals surface area contributed by atoms with Gasteiger partial charge in [-0.2, -0.15) is 0 Å². The normalized spacial score (nSPS) is 15.1. The van der Waals surface area contributed by atoms with Crippen LogP contribution in [0.4, 0.5) is 11.4 Å². The fraction of sp³-hybridized carbons (Fsp3) is 0.462. The molecule has 0 radical (unpaired) electrons. The Balaban J connectivity index is 2.47. The molecular weight excluding hydrogens is 268 g/mol. The molecule has 0 aromatic heterocycles. The van der Waals surface area contributed by atoms with Crippen LogP contribution in [0.2, 0.25) is 5.02 Å². The summed E-state index contributed by atoms with van der Waals surface area (Å²) in [4.78, 5) is 13.2. The van der Waals surface area contributed by atoms with Gasteiger partial charge in [0.15, 0.2) is 0 Å². The Kier molecular flexibility index (Phi) is 4.17. The highest BCUT2D eigenvalue weighted by molar-refractivity contribution is 6.34. The Morgan fingerprint density at radius 2 is 2.16 bits per heavy atom. The average molecular weight is 285 g/mol. The Morgan fingerprint density at radius 3 is 2.63 bits per heavy atom. The molecule has 0 saturated heterocycles. The first-order valence-corrected chi connectivity index (χ1v) is 6.62. The summed E-state index contributed by atoms with van der Waals surface area (Å²) in [5.41, 5.74) is 6.52. The topological polar surface area (TPSA) is 86.8 Å². The number of carbonyl (C=O) groups is 1. The molecule has 0 spiro atoms. The van der Waals surface area contributed by atoms with E-state index in [0.717, 1.165) is 19.3 Å². The second-order valence-electron chi connectivity index (χ2n) is 4.71. The van der Waals surface area contributed by atoms with Crippen molar-refractivity contribution in [2.75, 3.05) is 23.8 Å². The second-order valence-corrected chi connectivity index (χ2v) is 5.11. The predicted molar refractivity (Wildman–Crippen MR) is 74.9 cm³/mol. The number of anilines is 2. The number of benzene rings is 1. The van der Waals surface area contributed by atoms with Crippen LogP contribution in [-0.2, 0) is 0 Å². The van der Waals surface area contributed by atoms with Crippen molar-refractivity contribution in [2.45, 2.75) is 25.3 Å². The van der Waals surface area contributed by atoms with Gasteiger partial charge in [0.05, 0.1) is 22.9 Å². The van der Waals surface area contributed by atoms with E-state index < -0.39 is 5.97 Å². The third kappa shape index (κ3) is 2.77. The van der Waals surface area contributed by atoms with Crippen LogP contribution >= 0.6 is 11.6 Å². The highest BCUT2D eigenvalue weighted by Crippen LogP contribution is 2.37. The summed E-state index contributed by atoms with van der Waals surface area (Å²) >= 11 is 6.17. The molecule has 0 amide bonds. The van der Waals surface area contributed by atoms with Gasteiger partial charge in [-0.3, -0.25) is 0 Å². The molecule has 0 aliphatic heterocycles. The lowest BCUT2D eigenvalue weighted by Gasteiger charge is -2.40. The fourth-order valence-electron chi connectivity index (χ4n) is 2.36. The minimum Gasteiger partial charge on any atom is -0.478 e. The van der Waals surface area contributed by atoms with Gasteiger partial charge in [-0.05, 0) is 31.4 Å². The van der Waals surface area contributed by atoms with Crippen LogP contribution in [-0.4, -0.2) is 35.4 Å². The number of hydrogen-bond acceptors (Lipinski definition) is 4.